The number of hydrazone groups is 1. The molecule has 0 radical (unpaired) electrons. The lowest BCUT2D eigenvalue weighted by molar-refractivity contribution is -0.111. The highest BCUT2D eigenvalue weighted by Crippen LogP contribution is 2.45. The largest absolute Gasteiger partial charge is 0.493 e. The fourth-order valence-corrected chi connectivity index (χ4v) is 4.81. The average molecular weight is 540 g/mol. The van der Waals surface area contributed by atoms with Gasteiger partial charge in [-0.05, 0) is 50.2 Å². The molecule has 0 fully saturated rings. The van der Waals surface area contributed by atoms with E-state index in [1.54, 1.807) is 7.11 Å². The number of anilines is 2. The van der Waals surface area contributed by atoms with Crippen LogP contribution in [-0.2, 0) is 11.4 Å². The lowest BCUT2D eigenvalue weighted by atomic mass is 10.1. The standard InChI is InChI=1S/C32H30ClN3O3/c1-21-12-16-25(17-13-21)35-31(23(3)37)34-36(26-18-14-22(2)15-19-26)32(35)27-9-7-11-29(38-4)30(27)39-20-24-8-5-6-10-28(24)33/h5-19,32H,20H2,1-4H3. The van der Waals surface area contributed by atoms with Crippen molar-refractivity contribution >= 4 is 34.6 Å². The van der Waals surface area contributed by atoms with E-state index in [0.717, 1.165) is 33.6 Å². The Bertz CT molecular complexity index is 1520. The van der Waals surface area contributed by atoms with Crippen LogP contribution in [0.15, 0.2) is 96.1 Å². The second-order valence-electron chi connectivity index (χ2n) is 9.50. The number of ketones is 1. The van der Waals surface area contributed by atoms with Gasteiger partial charge in [-0.1, -0.05) is 77.3 Å². The number of carbonyl (C=O) groups is 1. The Hall–Kier alpha value is -4.29. The minimum Gasteiger partial charge on any atom is -0.493 e. The zero-order valence-electron chi connectivity index (χ0n) is 22.4. The second kappa shape index (κ2) is 11.2. The van der Waals surface area contributed by atoms with E-state index in [0.29, 0.717) is 22.4 Å². The number of hydrogen-bond acceptors (Lipinski definition) is 6. The molecule has 7 heteroatoms. The molecule has 1 aliphatic heterocycles. The molecule has 4 aromatic rings. The van der Waals surface area contributed by atoms with Gasteiger partial charge in [0.25, 0.3) is 0 Å². The topological polar surface area (TPSA) is 54.4 Å². The number of benzene rings is 4. The Balaban J connectivity index is 1.68. The highest BCUT2D eigenvalue weighted by Gasteiger charge is 2.41. The number of amidine groups is 1. The number of hydrogen-bond donors (Lipinski definition) is 0. The van der Waals surface area contributed by atoms with Crippen molar-refractivity contribution in [1.29, 1.82) is 0 Å². The van der Waals surface area contributed by atoms with Crippen molar-refractivity contribution in [3.8, 4) is 11.5 Å². The minimum atomic E-state index is -0.523. The molecule has 4 aromatic carbocycles. The highest BCUT2D eigenvalue weighted by molar-refractivity contribution is 6.44. The van der Waals surface area contributed by atoms with Crippen molar-refractivity contribution in [3.63, 3.8) is 0 Å². The molecule has 6 nitrogen and oxygen atoms in total. The molecule has 1 unspecified atom stereocenters. The number of para-hydroxylation sites is 1. The monoisotopic (exact) mass is 539 g/mol. The molecule has 0 saturated heterocycles. The summed E-state index contributed by atoms with van der Waals surface area (Å²) < 4.78 is 12.2. The van der Waals surface area contributed by atoms with Crippen LogP contribution in [-0.4, -0.2) is 18.7 Å². The highest BCUT2D eigenvalue weighted by atomic mass is 35.5. The van der Waals surface area contributed by atoms with E-state index in [1.165, 1.54) is 6.92 Å². The number of rotatable bonds is 8. The summed E-state index contributed by atoms with van der Waals surface area (Å²) in [6, 6.07) is 29.5. The number of halogens is 1. The molecule has 1 atom stereocenters. The van der Waals surface area contributed by atoms with E-state index in [-0.39, 0.29) is 12.4 Å². The van der Waals surface area contributed by atoms with Crippen LogP contribution >= 0.6 is 11.6 Å². The van der Waals surface area contributed by atoms with Crippen molar-refractivity contribution in [2.24, 2.45) is 5.10 Å². The van der Waals surface area contributed by atoms with Crippen LogP contribution in [0, 0.1) is 13.8 Å². The fourth-order valence-electron chi connectivity index (χ4n) is 4.62. The van der Waals surface area contributed by atoms with Crippen LogP contribution in [0.1, 0.15) is 35.3 Å². The molecule has 0 spiro atoms. The lowest BCUT2D eigenvalue weighted by Gasteiger charge is -2.33. The maximum Gasteiger partial charge on any atom is 0.198 e. The molecule has 39 heavy (non-hydrogen) atoms. The predicted molar refractivity (Wildman–Crippen MR) is 157 cm³/mol. The third-order valence-electron chi connectivity index (χ3n) is 6.67. The zero-order valence-corrected chi connectivity index (χ0v) is 23.1. The molecule has 0 saturated carbocycles. The van der Waals surface area contributed by atoms with Crippen LogP contribution < -0.4 is 19.4 Å². The maximum absolute atomic E-state index is 13.0. The molecule has 0 aliphatic carbocycles. The van der Waals surface area contributed by atoms with E-state index in [9.17, 15) is 4.79 Å². The molecule has 1 heterocycles. The zero-order chi connectivity index (χ0) is 27.5. The molecule has 5 rings (SSSR count). The van der Waals surface area contributed by atoms with Crippen LogP contribution in [0.25, 0.3) is 0 Å². The third kappa shape index (κ3) is 5.33. The number of aryl methyl sites for hydroxylation is 2. The Morgan fingerprint density at radius 1 is 0.872 bits per heavy atom. The molecular weight excluding hydrogens is 510 g/mol. The predicted octanol–water partition coefficient (Wildman–Crippen LogP) is 7.47. The van der Waals surface area contributed by atoms with Crippen LogP contribution in [0.3, 0.4) is 0 Å². The van der Waals surface area contributed by atoms with E-state index in [4.69, 9.17) is 26.2 Å². The number of nitrogens with zero attached hydrogens (tertiary/aromatic N) is 3. The van der Waals surface area contributed by atoms with Gasteiger partial charge in [0.2, 0.25) is 0 Å². The van der Waals surface area contributed by atoms with Crippen LogP contribution in [0.2, 0.25) is 5.02 Å². The van der Waals surface area contributed by atoms with Crippen molar-refractivity contribution in [1.82, 2.24) is 0 Å². The minimum absolute atomic E-state index is 0.142. The SMILES string of the molecule is COc1cccc(C2N(c3ccc(C)cc3)N=C(C(C)=O)N2c2ccc(C)cc2)c1OCc1ccccc1Cl. The van der Waals surface area contributed by atoms with E-state index in [1.807, 2.05) is 115 Å². The summed E-state index contributed by atoms with van der Waals surface area (Å²) in [6.07, 6.45) is -0.523. The third-order valence-corrected chi connectivity index (χ3v) is 7.04. The fraction of sp³-hybridized carbons (Fsp3) is 0.188. The summed E-state index contributed by atoms with van der Waals surface area (Å²) in [4.78, 5) is 14.9. The first-order valence-electron chi connectivity index (χ1n) is 12.7. The molecule has 0 amide bonds. The first-order valence-corrected chi connectivity index (χ1v) is 13.1. The van der Waals surface area contributed by atoms with Gasteiger partial charge in [-0.2, -0.15) is 0 Å². The quantitative estimate of drug-likeness (QED) is 0.232. The Labute approximate surface area is 234 Å². The number of carbonyl (C=O) groups excluding carboxylic acids is 1. The Morgan fingerprint density at radius 3 is 2.13 bits per heavy atom. The number of methoxy groups -OCH3 is 1. The van der Waals surface area contributed by atoms with Gasteiger partial charge >= 0.3 is 0 Å². The summed E-state index contributed by atoms with van der Waals surface area (Å²) >= 11 is 6.43. The number of ether oxygens (including phenoxy) is 2. The lowest BCUT2D eigenvalue weighted by Crippen LogP contribution is -2.38. The van der Waals surface area contributed by atoms with E-state index < -0.39 is 6.17 Å². The maximum atomic E-state index is 13.0. The van der Waals surface area contributed by atoms with Gasteiger partial charge in [0, 0.05) is 28.8 Å². The van der Waals surface area contributed by atoms with Crippen molar-refractivity contribution < 1.29 is 14.3 Å². The summed E-state index contributed by atoms with van der Waals surface area (Å²) in [5, 5.41) is 7.36. The summed E-state index contributed by atoms with van der Waals surface area (Å²) in [7, 11) is 1.61. The molecular formula is C32H30ClN3O3. The van der Waals surface area contributed by atoms with Gasteiger partial charge in [-0.25, -0.2) is 5.01 Å². The van der Waals surface area contributed by atoms with Crippen molar-refractivity contribution in [3.05, 3.63) is 118 Å². The first-order chi connectivity index (χ1) is 18.9. The Morgan fingerprint density at radius 2 is 1.51 bits per heavy atom. The summed E-state index contributed by atoms with van der Waals surface area (Å²) in [5.41, 5.74) is 5.59. The number of Topliss-reactive ketones (excluding diaryl/α,β-unsaturated/α-hetero) is 1. The molecule has 0 N–H and O–H groups in total. The molecule has 198 valence electrons. The molecule has 1 aliphatic rings. The summed E-state index contributed by atoms with van der Waals surface area (Å²) in [6.45, 7) is 5.86. The van der Waals surface area contributed by atoms with Gasteiger partial charge in [0.15, 0.2) is 29.3 Å². The van der Waals surface area contributed by atoms with Crippen LogP contribution in [0.5, 0.6) is 11.5 Å². The van der Waals surface area contributed by atoms with Gasteiger partial charge in [-0.15, -0.1) is 5.10 Å². The molecule has 0 aromatic heterocycles. The molecule has 0 bridgehead atoms. The van der Waals surface area contributed by atoms with Gasteiger partial charge in [-0.3, -0.25) is 9.69 Å². The normalized spacial score (nSPS) is 14.8. The van der Waals surface area contributed by atoms with Crippen LogP contribution in [0.4, 0.5) is 11.4 Å². The van der Waals surface area contributed by atoms with E-state index >= 15 is 0 Å². The van der Waals surface area contributed by atoms with Gasteiger partial charge < -0.3 is 9.47 Å². The smallest absolute Gasteiger partial charge is 0.198 e. The van der Waals surface area contributed by atoms with Crippen molar-refractivity contribution in [2.45, 2.75) is 33.5 Å². The van der Waals surface area contributed by atoms with Gasteiger partial charge in [0.1, 0.15) is 6.61 Å². The first kappa shape index (κ1) is 26.3. The van der Waals surface area contributed by atoms with Crippen molar-refractivity contribution in [2.75, 3.05) is 17.0 Å². The van der Waals surface area contributed by atoms with Gasteiger partial charge in [0.05, 0.1) is 12.8 Å². The Kier molecular flexibility index (Phi) is 7.57. The van der Waals surface area contributed by atoms with E-state index in [2.05, 4.69) is 0 Å². The summed E-state index contributed by atoms with van der Waals surface area (Å²) in [5.74, 6) is 1.32. The second-order valence-corrected chi connectivity index (χ2v) is 9.91. The average Bonchev–Trinajstić information content (AvgIpc) is 3.34.